The van der Waals surface area contributed by atoms with Crippen molar-refractivity contribution in [3.8, 4) is 0 Å². The molecule has 1 unspecified atom stereocenters. The van der Waals surface area contributed by atoms with Gasteiger partial charge in [-0.2, -0.15) is 4.98 Å². The van der Waals surface area contributed by atoms with Gasteiger partial charge in [0, 0.05) is 17.5 Å². The highest BCUT2D eigenvalue weighted by Crippen LogP contribution is 2.34. The minimum atomic E-state index is 0.482. The Morgan fingerprint density at radius 3 is 2.86 bits per heavy atom. The summed E-state index contributed by atoms with van der Waals surface area (Å²) >= 11 is 1.74. The summed E-state index contributed by atoms with van der Waals surface area (Å²) in [6.45, 7) is 7.47. The van der Waals surface area contributed by atoms with E-state index in [1.807, 2.05) is 0 Å². The van der Waals surface area contributed by atoms with E-state index < -0.39 is 0 Å². The van der Waals surface area contributed by atoms with Crippen LogP contribution in [0.5, 0.6) is 0 Å². The van der Waals surface area contributed by atoms with Gasteiger partial charge in [-0.1, -0.05) is 13.3 Å². The van der Waals surface area contributed by atoms with Crippen molar-refractivity contribution in [2.75, 3.05) is 17.2 Å². The average Bonchev–Trinajstić information content (AvgIpc) is 2.74. The van der Waals surface area contributed by atoms with Crippen molar-refractivity contribution in [1.82, 2.24) is 9.97 Å². The lowest BCUT2D eigenvalue weighted by molar-refractivity contribution is 0.285. The zero-order valence-electron chi connectivity index (χ0n) is 13.1. The van der Waals surface area contributed by atoms with Gasteiger partial charge >= 0.3 is 0 Å². The van der Waals surface area contributed by atoms with Crippen molar-refractivity contribution < 1.29 is 0 Å². The first-order chi connectivity index (χ1) is 10.2. The first-order valence-electron chi connectivity index (χ1n) is 7.96. The highest BCUT2D eigenvalue weighted by atomic mass is 32.1. The second-order valence-electron chi connectivity index (χ2n) is 6.02. The van der Waals surface area contributed by atoms with Gasteiger partial charge in [-0.3, -0.25) is 0 Å². The first kappa shape index (κ1) is 14.6. The summed E-state index contributed by atoms with van der Waals surface area (Å²) in [7, 11) is 0. The molecule has 0 bridgehead atoms. The fourth-order valence-corrected chi connectivity index (χ4v) is 3.62. The molecular formula is C16H24N4S. The molecule has 0 aromatic carbocycles. The van der Waals surface area contributed by atoms with E-state index in [9.17, 15) is 0 Å². The van der Waals surface area contributed by atoms with Gasteiger partial charge in [-0.25, -0.2) is 4.98 Å². The Kier molecular flexibility index (Phi) is 4.29. The van der Waals surface area contributed by atoms with Gasteiger partial charge in [0.2, 0.25) is 5.95 Å². The fraction of sp³-hybridized carbons (Fsp3) is 0.625. The average molecular weight is 304 g/mol. The number of nitrogens with zero attached hydrogens (tertiary/aromatic N) is 2. The molecule has 21 heavy (non-hydrogen) atoms. The highest BCUT2D eigenvalue weighted by Gasteiger charge is 2.24. The summed E-state index contributed by atoms with van der Waals surface area (Å²) in [5.41, 5.74) is 0. The molecule has 2 heterocycles. The molecule has 0 radical (unpaired) electrons. The third kappa shape index (κ3) is 3.12. The zero-order chi connectivity index (χ0) is 14.8. The van der Waals surface area contributed by atoms with E-state index in [4.69, 9.17) is 4.98 Å². The number of hydrogen-bond acceptors (Lipinski definition) is 5. The molecule has 2 aromatic heterocycles. The van der Waals surface area contributed by atoms with Crippen LogP contribution in [-0.2, 0) is 0 Å². The van der Waals surface area contributed by atoms with Crippen molar-refractivity contribution in [3.63, 3.8) is 0 Å². The molecule has 1 aliphatic carbocycles. The van der Waals surface area contributed by atoms with Crippen molar-refractivity contribution >= 4 is 33.3 Å². The van der Waals surface area contributed by atoms with Gasteiger partial charge < -0.3 is 10.6 Å². The molecule has 1 fully saturated rings. The molecule has 0 aliphatic heterocycles. The quantitative estimate of drug-likeness (QED) is 0.829. The molecule has 4 nitrogen and oxygen atoms in total. The van der Waals surface area contributed by atoms with Gasteiger partial charge in [0.1, 0.15) is 10.6 Å². The van der Waals surface area contributed by atoms with Crippen LogP contribution >= 0.6 is 11.3 Å². The molecule has 0 amide bonds. The lowest BCUT2D eigenvalue weighted by Gasteiger charge is -2.32. The van der Waals surface area contributed by atoms with Gasteiger partial charge in [-0.05, 0) is 45.1 Å². The Balaban J connectivity index is 1.89. The number of anilines is 2. The smallest absolute Gasteiger partial charge is 0.226 e. The summed E-state index contributed by atoms with van der Waals surface area (Å²) in [4.78, 5) is 11.7. The normalized spacial score (nSPS) is 16.7. The molecule has 1 atom stereocenters. The van der Waals surface area contributed by atoms with Gasteiger partial charge in [0.25, 0.3) is 0 Å². The van der Waals surface area contributed by atoms with Crippen LogP contribution in [0.2, 0.25) is 0 Å². The van der Waals surface area contributed by atoms with Crippen LogP contribution in [0.3, 0.4) is 0 Å². The maximum Gasteiger partial charge on any atom is 0.226 e. The first-order valence-corrected chi connectivity index (χ1v) is 8.77. The van der Waals surface area contributed by atoms with Crippen LogP contribution in [-0.4, -0.2) is 22.6 Å². The van der Waals surface area contributed by atoms with Crippen molar-refractivity contribution in [2.45, 2.75) is 52.5 Å². The fourth-order valence-electron chi connectivity index (χ4n) is 2.74. The number of nitrogens with one attached hydrogen (secondary N) is 2. The maximum absolute atomic E-state index is 4.71. The third-order valence-electron chi connectivity index (χ3n) is 4.27. The number of thiophene rings is 1. The summed E-state index contributed by atoms with van der Waals surface area (Å²) in [5, 5.41) is 8.10. The second-order valence-corrected chi connectivity index (χ2v) is 7.26. The Morgan fingerprint density at radius 2 is 2.19 bits per heavy atom. The van der Waals surface area contributed by atoms with Crippen LogP contribution < -0.4 is 10.6 Å². The Bertz CT molecular complexity index is 618. The van der Waals surface area contributed by atoms with Crippen molar-refractivity contribution in [1.29, 1.82) is 0 Å². The van der Waals surface area contributed by atoms with Crippen LogP contribution in [0, 0.1) is 12.8 Å². The van der Waals surface area contributed by atoms with E-state index in [1.54, 1.807) is 11.3 Å². The van der Waals surface area contributed by atoms with Crippen molar-refractivity contribution in [3.05, 3.63) is 10.9 Å². The summed E-state index contributed by atoms with van der Waals surface area (Å²) < 4.78 is 0. The topological polar surface area (TPSA) is 49.8 Å². The Labute approximate surface area is 130 Å². The number of rotatable bonds is 6. The predicted octanol–water partition coefficient (Wildman–Crippen LogP) is 4.42. The van der Waals surface area contributed by atoms with E-state index in [0.717, 1.165) is 40.9 Å². The van der Waals surface area contributed by atoms with E-state index >= 15 is 0 Å². The van der Waals surface area contributed by atoms with Crippen LogP contribution in [0.15, 0.2) is 6.07 Å². The van der Waals surface area contributed by atoms with E-state index in [-0.39, 0.29) is 0 Å². The SMILES string of the molecule is CCCNc1nc(NC(C)C2CCC2)c2cc(C)sc2n1. The molecule has 0 spiro atoms. The number of aryl methyl sites for hydroxylation is 1. The van der Waals surface area contributed by atoms with E-state index in [0.29, 0.717) is 6.04 Å². The predicted molar refractivity (Wildman–Crippen MR) is 91.4 cm³/mol. The van der Waals surface area contributed by atoms with Crippen molar-refractivity contribution in [2.24, 2.45) is 5.92 Å². The lowest BCUT2D eigenvalue weighted by atomic mass is 9.80. The number of fused-ring (bicyclic) bond motifs is 1. The number of aromatic nitrogens is 2. The van der Waals surface area contributed by atoms with E-state index in [2.05, 4.69) is 42.5 Å². The molecular weight excluding hydrogens is 280 g/mol. The van der Waals surface area contributed by atoms with Gasteiger partial charge in [0.15, 0.2) is 0 Å². The zero-order valence-corrected chi connectivity index (χ0v) is 13.9. The second kappa shape index (κ2) is 6.18. The molecule has 3 rings (SSSR count). The Morgan fingerprint density at radius 1 is 1.38 bits per heavy atom. The molecule has 1 aliphatic rings. The summed E-state index contributed by atoms with van der Waals surface area (Å²) in [6, 6.07) is 2.68. The van der Waals surface area contributed by atoms with Crippen LogP contribution in [0.25, 0.3) is 10.2 Å². The minimum Gasteiger partial charge on any atom is -0.367 e. The minimum absolute atomic E-state index is 0.482. The molecule has 0 saturated heterocycles. The molecule has 114 valence electrons. The standard InChI is InChI=1S/C16H24N4S/c1-4-8-17-16-19-14(18-11(3)12-6-5-7-12)13-9-10(2)21-15(13)20-16/h9,11-12H,4-8H2,1-3H3,(H2,17,18,19,20). The molecule has 2 N–H and O–H groups in total. The largest absolute Gasteiger partial charge is 0.367 e. The third-order valence-corrected chi connectivity index (χ3v) is 5.21. The van der Waals surface area contributed by atoms with Gasteiger partial charge in [0.05, 0.1) is 5.39 Å². The number of hydrogen-bond donors (Lipinski definition) is 2. The monoisotopic (exact) mass is 304 g/mol. The Hall–Kier alpha value is -1.36. The molecule has 2 aromatic rings. The van der Waals surface area contributed by atoms with E-state index in [1.165, 1.54) is 24.1 Å². The maximum atomic E-state index is 4.71. The molecule has 5 heteroatoms. The summed E-state index contributed by atoms with van der Waals surface area (Å²) in [6.07, 6.45) is 5.13. The highest BCUT2D eigenvalue weighted by molar-refractivity contribution is 7.18. The van der Waals surface area contributed by atoms with Crippen LogP contribution in [0.4, 0.5) is 11.8 Å². The summed E-state index contributed by atoms with van der Waals surface area (Å²) in [5.74, 6) is 2.53. The lowest BCUT2D eigenvalue weighted by Crippen LogP contribution is -2.31. The molecule has 1 saturated carbocycles. The van der Waals surface area contributed by atoms with Gasteiger partial charge in [-0.15, -0.1) is 11.3 Å². The van der Waals surface area contributed by atoms with Crippen LogP contribution in [0.1, 0.15) is 44.4 Å².